The summed E-state index contributed by atoms with van der Waals surface area (Å²) in [5.41, 5.74) is -0.248. The molecule has 1 aliphatic carbocycles. The van der Waals surface area contributed by atoms with Crippen LogP contribution in [0.2, 0.25) is 0 Å². The summed E-state index contributed by atoms with van der Waals surface area (Å²) in [6.45, 7) is 6.21. The van der Waals surface area contributed by atoms with Crippen molar-refractivity contribution in [3.63, 3.8) is 0 Å². The highest BCUT2D eigenvalue weighted by atomic mass is 17.2. The minimum atomic E-state index is -0.248. The lowest BCUT2D eigenvalue weighted by Gasteiger charge is -2.47. The highest BCUT2D eigenvalue weighted by Gasteiger charge is 2.49. The zero-order valence-electron chi connectivity index (χ0n) is 10.5. The Balaban J connectivity index is 2.06. The third-order valence-corrected chi connectivity index (χ3v) is 4.28. The van der Waals surface area contributed by atoms with Gasteiger partial charge in [0.1, 0.15) is 17.5 Å². The molecule has 0 aromatic heterocycles. The van der Waals surface area contributed by atoms with E-state index in [1.807, 2.05) is 6.92 Å². The number of unbranched alkanes of at least 4 members (excludes halogenated alkanes) is 1. The van der Waals surface area contributed by atoms with Crippen LogP contribution in [-0.4, -0.2) is 17.5 Å². The number of rotatable bonds is 3. The van der Waals surface area contributed by atoms with Crippen LogP contribution in [0.4, 0.5) is 0 Å². The molecule has 1 saturated carbocycles. The Kier molecular flexibility index (Phi) is 3.36. The standard InChI is InChI=1S/C13H22O3/c1-4-5-6-13(3)10-7-11(14)9(2)12(8-10)15-16-13/h9-10,12H,4-8H2,1-3H3/t9-,10+,12+,13-/m1/s1. The predicted octanol–water partition coefficient (Wildman–Crippen LogP) is 2.88. The maximum Gasteiger partial charge on any atom is 0.138 e. The van der Waals surface area contributed by atoms with Crippen LogP contribution in [0.25, 0.3) is 0 Å². The van der Waals surface area contributed by atoms with Crippen LogP contribution in [0.15, 0.2) is 0 Å². The van der Waals surface area contributed by atoms with E-state index in [0.29, 0.717) is 18.1 Å². The fraction of sp³-hybridized carbons (Fsp3) is 0.923. The summed E-state index contributed by atoms with van der Waals surface area (Å²) >= 11 is 0. The second-order valence-electron chi connectivity index (χ2n) is 5.53. The zero-order valence-corrected chi connectivity index (χ0v) is 10.5. The third-order valence-electron chi connectivity index (χ3n) is 4.28. The van der Waals surface area contributed by atoms with Gasteiger partial charge in [-0.05, 0) is 19.8 Å². The number of hydrogen-bond donors (Lipinski definition) is 0. The molecule has 0 aromatic rings. The summed E-state index contributed by atoms with van der Waals surface area (Å²) in [4.78, 5) is 22.9. The minimum Gasteiger partial charge on any atom is -0.299 e. The van der Waals surface area contributed by atoms with E-state index in [1.54, 1.807) is 0 Å². The first kappa shape index (κ1) is 12.1. The SMILES string of the molecule is CCCC[C@@]1(C)OO[C@H]2C[C@@H]1CC(=O)[C@H]2C. The van der Waals surface area contributed by atoms with Gasteiger partial charge in [0.25, 0.3) is 0 Å². The summed E-state index contributed by atoms with van der Waals surface area (Å²) in [7, 11) is 0. The summed E-state index contributed by atoms with van der Waals surface area (Å²) in [5.74, 6) is 0.695. The molecule has 4 atom stereocenters. The van der Waals surface area contributed by atoms with E-state index in [0.717, 1.165) is 25.7 Å². The van der Waals surface area contributed by atoms with E-state index in [9.17, 15) is 4.79 Å². The molecule has 2 rings (SSSR count). The Morgan fingerprint density at radius 3 is 2.94 bits per heavy atom. The average Bonchev–Trinajstić information content (AvgIpc) is 2.27. The van der Waals surface area contributed by atoms with Crippen LogP contribution in [0, 0.1) is 11.8 Å². The van der Waals surface area contributed by atoms with Crippen LogP contribution in [0.3, 0.4) is 0 Å². The van der Waals surface area contributed by atoms with Crippen molar-refractivity contribution in [2.24, 2.45) is 11.8 Å². The monoisotopic (exact) mass is 226 g/mol. The van der Waals surface area contributed by atoms with Crippen molar-refractivity contribution >= 4 is 5.78 Å². The Morgan fingerprint density at radius 2 is 2.25 bits per heavy atom. The molecule has 3 heteroatoms. The molecule has 16 heavy (non-hydrogen) atoms. The number of carbonyl (C=O) groups is 1. The van der Waals surface area contributed by atoms with E-state index in [2.05, 4.69) is 13.8 Å². The van der Waals surface area contributed by atoms with Gasteiger partial charge in [-0.1, -0.05) is 26.7 Å². The van der Waals surface area contributed by atoms with Gasteiger partial charge in [-0.3, -0.25) is 4.79 Å². The quantitative estimate of drug-likeness (QED) is 0.694. The molecule has 2 fully saturated rings. The predicted molar refractivity (Wildman–Crippen MR) is 60.8 cm³/mol. The Hall–Kier alpha value is -0.410. The smallest absolute Gasteiger partial charge is 0.138 e. The van der Waals surface area contributed by atoms with E-state index in [-0.39, 0.29) is 17.6 Å². The van der Waals surface area contributed by atoms with Crippen molar-refractivity contribution in [3.05, 3.63) is 0 Å². The van der Waals surface area contributed by atoms with Crippen molar-refractivity contribution in [1.29, 1.82) is 0 Å². The highest BCUT2D eigenvalue weighted by molar-refractivity contribution is 5.82. The molecule has 92 valence electrons. The van der Waals surface area contributed by atoms with Crippen LogP contribution >= 0.6 is 0 Å². The van der Waals surface area contributed by atoms with Crippen molar-refractivity contribution in [2.45, 2.75) is 64.6 Å². The molecule has 2 aliphatic rings. The van der Waals surface area contributed by atoms with Gasteiger partial charge in [0.15, 0.2) is 0 Å². The van der Waals surface area contributed by atoms with Crippen LogP contribution in [-0.2, 0) is 14.6 Å². The molecule has 0 N–H and O–H groups in total. The number of carbonyl (C=O) groups excluding carboxylic acids is 1. The Morgan fingerprint density at radius 1 is 1.50 bits per heavy atom. The van der Waals surface area contributed by atoms with Gasteiger partial charge in [-0.2, -0.15) is 0 Å². The van der Waals surface area contributed by atoms with Gasteiger partial charge in [0.2, 0.25) is 0 Å². The van der Waals surface area contributed by atoms with Crippen molar-refractivity contribution in [2.75, 3.05) is 0 Å². The van der Waals surface area contributed by atoms with Crippen LogP contribution in [0.5, 0.6) is 0 Å². The Bertz CT molecular complexity index is 276. The Labute approximate surface area is 97.4 Å². The first-order valence-corrected chi connectivity index (χ1v) is 6.44. The number of hydrogen-bond acceptors (Lipinski definition) is 3. The van der Waals surface area contributed by atoms with E-state index in [1.165, 1.54) is 0 Å². The normalized spacial score (nSPS) is 43.4. The molecule has 0 aromatic carbocycles. The van der Waals surface area contributed by atoms with Crippen LogP contribution in [0.1, 0.15) is 52.9 Å². The number of ketones is 1. The molecule has 3 nitrogen and oxygen atoms in total. The second-order valence-corrected chi connectivity index (χ2v) is 5.53. The van der Waals surface area contributed by atoms with Crippen LogP contribution < -0.4 is 0 Å². The topological polar surface area (TPSA) is 35.5 Å². The molecule has 2 bridgehead atoms. The second kappa shape index (κ2) is 4.46. The third kappa shape index (κ3) is 2.03. The fourth-order valence-corrected chi connectivity index (χ4v) is 2.81. The van der Waals surface area contributed by atoms with Gasteiger partial charge in [0.05, 0.1) is 0 Å². The first-order valence-electron chi connectivity index (χ1n) is 6.44. The van der Waals surface area contributed by atoms with Gasteiger partial charge >= 0.3 is 0 Å². The highest BCUT2D eigenvalue weighted by Crippen LogP contribution is 2.44. The van der Waals surface area contributed by atoms with Crippen molar-refractivity contribution in [3.8, 4) is 0 Å². The molecule has 0 unspecified atom stereocenters. The largest absolute Gasteiger partial charge is 0.299 e. The molecule has 0 spiro atoms. The molecule has 0 radical (unpaired) electrons. The van der Waals surface area contributed by atoms with Gasteiger partial charge in [-0.25, -0.2) is 9.78 Å². The minimum absolute atomic E-state index is 0.00646. The molecular weight excluding hydrogens is 204 g/mol. The van der Waals surface area contributed by atoms with Gasteiger partial charge in [-0.15, -0.1) is 0 Å². The maximum absolute atomic E-state index is 11.8. The summed E-state index contributed by atoms with van der Waals surface area (Å²) in [5, 5.41) is 0. The fourth-order valence-electron chi connectivity index (χ4n) is 2.81. The van der Waals surface area contributed by atoms with Gasteiger partial charge < -0.3 is 0 Å². The number of fused-ring (bicyclic) bond motifs is 2. The zero-order chi connectivity index (χ0) is 11.8. The summed E-state index contributed by atoms with van der Waals surface area (Å²) in [6, 6.07) is 0. The van der Waals surface area contributed by atoms with E-state index in [4.69, 9.17) is 9.78 Å². The van der Waals surface area contributed by atoms with Crippen molar-refractivity contribution in [1.82, 2.24) is 0 Å². The lowest BCUT2D eigenvalue weighted by Crippen LogP contribution is -2.52. The summed E-state index contributed by atoms with van der Waals surface area (Å²) in [6.07, 6.45) is 4.90. The lowest BCUT2D eigenvalue weighted by molar-refractivity contribution is -0.429. The lowest BCUT2D eigenvalue weighted by atomic mass is 9.70. The van der Waals surface area contributed by atoms with Gasteiger partial charge in [0, 0.05) is 18.3 Å². The molecule has 1 saturated heterocycles. The molecule has 1 aliphatic heterocycles. The average molecular weight is 226 g/mol. The number of Topliss-reactive ketones (excluding diaryl/α,β-unsaturated/α-hetero) is 1. The maximum atomic E-state index is 11.8. The first-order chi connectivity index (χ1) is 7.57. The molecule has 0 amide bonds. The summed E-state index contributed by atoms with van der Waals surface area (Å²) < 4.78 is 0. The van der Waals surface area contributed by atoms with E-state index < -0.39 is 0 Å². The molecular formula is C13H22O3. The van der Waals surface area contributed by atoms with Crippen molar-refractivity contribution < 1.29 is 14.6 Å². The van der Waals surface area contributed by atoms with E-state index >= 15 is 0 Å². The molecule has 1 heterocycles.